The highest BCUT2D eigenvalue weighted by molar-refractivity contribution is 7.90. The van der Waals surface area contributed by atoms with Crippen LogP contribution in [0.25, 0.3) is 0 Å². The van der Waals surface area contributed by atoms with Crippen molar-refractivity contribution in [3.05, 3.63) is 59.9 Å². The zero-order chi connectivity index (χ0) is 21.9. The second kappa shape index (κ2) is 9.09. The molecule has 166 valence electrons. The topological polar surface area (TPSA) is 85.4 Å². The van der Waals surface area contributed by atoms with Gasteiger partial charge in [-0.05, 0) is 54.7 Å². The van der Waals surface area contributed by atoms with E-state index in [1.807, 2.05) is 24.3 Å². The fraction of sp³-hybridized carbons (Fsp3) is 0.500. The lowest BCUT2D eigenvalue weighted by molar-refractivity contribution is -0.129. The van der Waals surface area contributed by atoms with Crippen LogP contribution in [-0.2, 0) is 31.2 Å². The zero-order valence-electron chi connectivity index (χ0n) is 17.9. The standard InChI is InChI=1S/C24H30N2O4S/c1-31(28,29)21-7-5-20(6-8-21)24(11-3-2-4-12-24)23(27)26-22-17-30-16-19(22)15-18-9-13-25-14-10-18/h5-10,13-14,19,22H,2-4,11-12,15-17H2,1H3,(H,26,27)/t19-,22-/m1/s1. The summed E-state index contributed by atoms with van der Waals surface area (Å²) in [5.74, 6) is 0.258. The summed E-state index contributed by atoms with van der Waals surface area (Å²) < 4.78 is 29.4. The van der Waals surface area contributed by atoms with Crippen LogP contribution in [-0.4, -0.2) is 44.8 Å². The predicted molar refractivity (Wildman–Crippen MR) is 118 cm³/mol. The van der Waals surface area contributed by atoms with Crippen LogP contribution in [0.1, 0.15) is 43.2 Å². The molecule has 1 aromatic heterocycles. The van der Waals surface area contributed by atoms with Gasteiger partial charge in [0.2, 0.25) is 5.91 Å². The highest BCUT2D eigenvalue weighted by Gasteiger charge is 2.43. The summed E-state index contributed by atoms with van der Waals surface area (Å²) in [4.78, 5) is 18.0. The van der Waals surface area contributed by atoms with Gasteiger partial charge >= 0.3 is 0 Å². The van der Waals surface area contributed by atoms with Crippen LogP contribution in [0.3, 0.4) is 0 Å². The van der Waals surface area contributed by atoms with Gasteiger partial charge in [-0.1, -0.05) is 31.4 Å². The number of nitrogens with one attached hydrogen (secondary N) is 1. The van der Waals surface area contributed by atoms with E-state index in [0.717, 1.165) is 44.1 Å². The molecule has 2 aromatic rings. The monoisotopic (exact) mass is 442 g/mol. The van der Waals surface area contributed by atoms with E-state index >= 15 is 0 Å². The number of nitrogens with zero attached hydrogens (tertiary/aromatic N) is 1. The van der Waals surface area contributed by atoms with Crippen molar-refractivity contribution >= 4 is 15.7 Å². The van der Waals surface area contributed by atoms with Crippen LogP contribution in [0.15, 0.2) is 53.7 Å². The van der Waals surface area contributed by atoms with E-state index in [0.29, 0.717) is 13.2 Å². The van der Waals surface area contributed by atoms with E-state index < -0.39 is 15.3 Å². The maximum atomic E-state index is 13.7. The van der Waals surface area contributed by atoms with Crippen molar-refractivity contribution in [2.24, 2.45) is 5.92 Å². The lowest BCUT2D eigenvalue weighted by Crippen LogP contribution is -2.51. The van der Waals surface area contributed by atoms with Gasteiger partial charge in [0, 0.05) is 24.6 Å². The number of amides is 1. The third-order valence-electron chi connectivity index (χ3n) is 6.74. The van der Waals surface area contributed by atoms with Crippen molar-refractivity contribution in [1.82, 2.24) is 10.3 Å². The first-order valence-corrected chi connectivity index (χ1v) is 12.9. The molecule has 0 radical (unpaired) electrons. The minimum Gasteiger partial charge on any atom is -0.379 e. The van der Waals surface area contributed by atoms with E-state index in [1.165, 1.54) is 11.8 Å². The number of ether oxygens (including phenoxy) is 1. The van der Waals surface area contributed by atoms with Gasteiger partial charge in [0.05, 0.1) is 29.6 Å². The van der Waals surface area contributed by atoms with Gasteiger partial charge in [-0.15, -0.1) is 0 Å². The van der Waals surface area contributed by atoms with Crippen LogP contribution in [0, 0.1) is 5.92 Å². The molecule has 1 amide bonds. The molecule has 2 heterocycles. The molecule has 1 saturated heterocycles. The highest BCUT2D eigenvalue weighted by atomic mass is 32.2. The fourth-order valence-corrected chi connectivity index (χ4v) is 5.54. The number of aromatic nitrogens is 1. The summed E-state index contributed by atoms with van der Waals surface area (Å²) in [5.41, 5.74) is 1.48. The van der Waals surface area contributed by atoms with Gasteiger partial charge in [0.1, 0.15) is 0 Å². The molecular weight excluding hydrogens is 412 g/mol. The Kier molecular flexibility index (Phi) is 6.44. The summed E-state index contributed by atoms with van der Waals surface area (Å²) in [6.07, 6.45) is 10.3. The van der Waals surface area contributed by atoms with Crippen LogP contribution in [0.4, 0.5) is 0 Å². The number of rotatable bonds is 6. The number of hydrogen-bond acceptors (Lipinski definition) is 5. The summed E-state index contributed by atoms with van der Waals surface area (Å²) >= 11 is 0. The zero-order valence-corrected chi connectivity index (χ0v) is 18.7. The number of carbonyl (C=O) groups excluding carboxylic acids is 1. The first-order valence-electron chi connectivity index (χ1n) is 11.0. The molecule has 4 rings (SSSR count). The Bertz CT molecular complexity index is 1000. The van der Waals surface area contributed by atoms with E-state index in [2.05, 4.69) is 10.3 Å². The van der Waals surface area contributed by atoms with Crippen molar-refractivity contribution in [3.63, 3.8) is 0 Å². The second-order valence-electron chi connectivity index (χ2n) is 8.88. The number of hydrogen-bond donors (Lipinski definition) is 1. The minimum atomic E-state index is -3.27. The molecule has 1 N–H and O–H groups in total. The maximum Gasteiger partial charge on any atom is 0.230 e. The van der Waals surface area contributed by atoms with Crippen LogP contribution >= 0.6 is 0 Å². The lowest BCUT2D eigenvalue weighted by atomic mass is 9.68. The average Bonchev–Trinajstić information content (AvgIpc) is 3.21. The average molecular weight is 443 g/mol. The molecule has 2 aliphatic rings. The fourth-order valence-electron chi connectivity index (χ4n) is 4.91. The Morgan fingerprint density at radius 1 is 1.06 bits per heavy atom. The predicted octanol–water partition coefficient (Wildman–Crippen LogP) is 3.06. The number of sulfone groups is 1. The second-order valence-corrected chi connectivity index (χ2v) is 10.9. The summed E-state index contributed by atoms with van der Waals surface area (Å²) in [7, 11) is -3.27. The van der Waals surface area contributed by atoms with E-state index in [-0.39, 0.29) is 22.8 Å². The molecule has 6 nitrogen and oxygen atoms in total. The lowest BCUT2D eigenvalue weighted by Gasteiger charge is -2.37. The van der Waals surface area contributed by atoms with Crippen LogP contribution < -0.4 is 5.32 Å². The van der Waals surface area contributed by atoms with Crippen molar-refractivity contribution < 1.29 is 17.9 Å². The first kappa shape index (κ1) is 22.0. The molecule has 0 unspecified atom stereocenters. The highest BCUT2D eigenvalue weighted by Crippen LogP contribution is 2.40. The number of benzene rings is 1. The molecule has 7 heteroatoms. The Balaban J connectivity index is 1.54. The normalized spacial score (nSPS) is 23.4. The quantitative estimate of drug-likeness (QED) is 0.743. The van der Waals surface area contributed by atoms with Gasteiger partial charge in [0.25, 0.3) is 0 Å². The molecule has 1 aliphatic heterocycles. The summed E-state index contributed by atoms with van der Waals surface area (Å²) in [6.45, 7) is 1.15. The van der Waals surface area contributed by atoms with Gasteiger partial charge in [-0.3, -0.25) is 9.78 Å². The Morgan fingerprint density at radius 2 is 1.74 bits per heavy atom. The largest absolute Gasteiger partial charge is 0.379 e. The maximum absolute atomic E-state index is 13.7. The van der Waals surface area contributed by atoms with Gasteiger partial charge in [-0.25, -0.2) is 8.42 Å². The van der Waals surface area contributed by atoms with Crippen LogP contribution in [0.5, 0.6) is 0 Å². The van der Waals surface area contributed by atoms with Gasteiger partial charge < -0.3 is 10.1 Å². The molecule has 2 fully saturated rings. The molecule has 1 aliphatic carbocycles. The van der Waals surface area contributed by atoms with Crippen molar-refractivity contribution in [2.45, 2.75) is 54.9 Å². The molecule has 0 spiro atoms. The van der Waals surface area contributed by atoms with Crippen molar-refractivity contribution in [2.75, 3.05) is 19.5 Å². The number of carbonyl (C=O) groups is 1. The molecule has 1 aromatic carbocycles. The van der Waals surface area contributed by atoms with Gasteiger partial charge in [-0.2, -0.15) is 0 Å². The van der Waals surface area contributed by atoms with Crippen LogP contribution in [0.2, 0.25) is 0 Å². The summed E-state index contributed by atoms with van der Waals surface area (Å²) in [5, 5.41) is 3.31. The number of pyridine rings is 1. The smallest absolute Gasteiger partial charge is 0.230 e. The Hall–Kier alpha value is -2.25. The third kappa shape index (κ3) is 4.83. The van der Waals surface area contributed by atoms with Crippen molar-refractivity contribution in [3.8, 4) is 0 Å². The molecule has 31 heavy (non-hydrogen) atoms. The molecule has 1 saturated carbocycles. The SMILES string of the molecule is CS(=O)(=O)c1ccc(C2(C(=O)N[C@@H]3COC[C@H]3Cc3ccncc3)CCCCC2)cc1. The third-order valence-corrected chi connectivity index (χ3v) is 7.87. The molecule has 0 bridgehead atoms. The first-order chi connectivity index (χ1) is 14.9. The van der Waals surface area contributed by atoms with Crippen molar-refractivity contribution in [1.29, 1.82) is 0 Å². The van der Waals surface area contributed by atoms with E-state index in [4.69, 9.17) is 4.74 Å². The summed E-state index contributed by atoms with van der Waals surface area (Å²) in [6, 6.07) is 10.9. The van der Waals surface area contributed by atoms with E-state index in [1.54, 1.807) is 24.5 Å². The molecular formula is C24H30N2O4S. The molecule has 2 atom stereocenters. The minimum absolute atomic E-state index is 0.0326. The van der Waals surface area contributed by atoms with E-state index in [9.17, 15) is 13.2 Å². The Labute approximate surface area is 184 Å². The Morgan fingerprint density at radius 3 is 2.39 bits per heavy atom. The van der Waals surface area contributed by atoms with Gasteiger partial charge in [0.15, 0.2) is 9.84 Å².